The van der Waals surface area contributed by atoms with E-state index in [1.807, 2.05) is 30.3 Å². The van der Waals surface area contributed by atoms with Crippen LogP contribution >= 0.6 is 0 Å². The molecule has 3 heterocycles. The van der Waals surface area contributed by atoms with Gasteiger partial charge < -0.3 is 4.74 Å². The maximum absolute atomic E-state index is 15.7. The third kappa shape index (κ3) is 6.77. The number of rotatable bonds is 8. The van der Waals surface area contributed by atoms with Gasteiger partial charge in [0.05, 0.1) is 5.69 Å². The number of fused-ring (bicyclic) bond motifs is 6. The van der Waals surface area contributed by atoms with Crippen LogP contribution in [0.15, 0.2) is 140 Å². The molecule has 12 aromatic carbocycles. The van der Waals surface area contributed by atoms with Gasteiger partial charge in [0.25, 0.3) is 23.6 Å². The van der Waals surface area contributed by atoms with Crippen molar-refractivity contribution >= 4 is 115 Å². The van der Waals surface area contributed by atoms with E-state index in [2.05, 4.69) is 178 Å². The van der Waals surface area contributed by atoms with E-state index >= 15 is 9.59 Å². The highest BCUT2D eigenvalue weighted by Gasteiger charge is 2.44. The zero-order valence-electron chi connectivity index (χ0n) is 48.3. The summed E-state index contributed by atoms with van der Waals surface area (Å²) in [6, 6.07) is 48.4. The molecule has 0 aliphatic carbocycles. The van der Waals surface area contributed by atoms with Crippen LogP contribution in [0.2, 0.25) is 0 Å². The van der Waals surface area contributed by atoms with Gasteiger partial charge in [0.15, 0.2) is 5.75 Å². The van der Waals surface area contributed by atoms with Crippen LogP contribution in [0.3, 0.4) is 0 Å². The lowest BCUT2D eigenvalue weighted by Crippen LogP contribution is -2.43. The molecule has 15 rings (SSSR count). The Balaban J connectivity index is 0.917. The molecule has 3 aliphatic rings. The van der Waals surface area contributed by atoms with Crippen LogP contribution in [0.5, 0.6) is 11.5 Å². The summed E-state index contributed by atoms with van der Waals surface area (Å²) in [5, 5.41) is 16.0. The second kappa shape index (κ2) is 17.2. The van der Waals surface area contributed by atoms with E-state index < -0.39 is 5.41 Å². The van der Waals surface area contributed by atoms with Gasteiger partial charge in [-0.25, -0.2) is 4.90 Å². The van der Waals surface area contributed by atoms with E-state index in [4.69, 9.17) is 4.74 Å². The number of benzene rings is 12. The molecule has 0 radical (unpaired) electrons. The Kier molecular flexibility index (Phi) is 10.5. The average Bonchev–Trinajstić information content (AvgIpc) is 2.51. The SMILES string of the molecule is CCCCC(CC)CN1C(=O)c2ccc3c4cccc5c(-c6cc(C(C)(C)C)cc7c6Oc6c(N8C(=O)c9ccc%10c%11cccc%12cccc(c%13ccc(c9c%10%13)C8=O)c%12%11)cc(C(C)(C)C)cc6C7(C)C)ccc(c6ccc(c2c36)C1=O)c54. The van der Waals surface area contributed by atoms with Crippen LogP contribution in [-0.2, 0) is 16.2 Å². The molecule has 1 unspecified atom stereocenters. The maximum atomic E-state index is 15.7. The van der Waals surface area contributed by atoms with Crippen molar-refractivity contribution < 1.29 is 23.9 Å². The molecule has 0 saturated heterocycles. The summed E-state index contributed by atoms with van der Waals surface area (Å²) >= 11 is 0. The quantitative estimate of drug-likeness (QED) is 0.0860. The summed E-state index contributed by atoms with van der Waals surface area (Å²) in [4.78, 5) is 63.2. The van der Waals surface area contributed by atoms with Crippen molar-refractivity contribution in [3.05, 3.63) is 184 Å². The van der Waals surface area contributed by atoms with Crippen LogP contribution in [0.1, 0.15) is 159 Å². The third-order valence-electron chi connectivity index (χ3n) is 19.2. The Morgan fingerprint density at radius 1 is 0.451 bits per heavy atom. The van der Waals surface area contributed by atoms with Gasteiger partial charge in [0.2, 0.25) is 0 Å². The highest BCUT2D eigenvalue weighted by Crippen LogP contribution is 2.58. The molecule has 0 fully saturated rings. The fourth-order valence-electron chi connectivity index (χ4n) is 14.6. The first-order valence-electron chi connectivity index (χ1n) is 29.4. The highest BCUT2D eigenvalue weighted by molar-refractivity contribution is 6.43. The van der Waals surface area contributed by atoms with Crippen LogP contribution in [0.25, 0.3) is 97.3 Å². The zero-order valence-corrected chi connectivity index (χ0v) is 48.3. The maximum Gasteiger partial charge on any atom is 0.266 e. The number of anilines is 1. The average molecular weight is 1070 g/mol. The first kappa shape index (κ1) is 50.3. The molecule has 12 aromatic rings. The minimum Gasteiger partial charge on any atom is -0.454 e. The lowest BCUT2D eigenvalue weighted by molar-refractivity contribution is 0.0579. The first-order valence-corrected chi connectivity index (χ1v) is 29.4. The molecule has 3 aliphatic heterocycles. The predicted octanol–water partition coefficient (Wildman–Crippen LogP) is 19.1. The Bertz CT molecular complexity index is 4700. The van der Waals surface area contributed by atoms with Gasteiger partial charge in [-0.2, -0.15) is 0 Å². The second-order valence-corrected chi connectivity index (χ2v) is 26.3. The summed E-state index contributed by atoms with van der Waals surface area (Å²) in [7, 11) is 0. The van der Waals surface area contributed by atoms with Crippen molar-refractivity contribution in [2.45, 2.75) is 111 Å². The van der Waals surface area contributed by atoms with Crippen molar-refractivity contribution in [2.24, 2.45) is 5.92 Å². The Morgan fingerprint density at radius 3 is 1.40 bits per heavy atom. The summed E-state index contributed by atoms with van der Waals surface area (Å²) < 4.78 is 7.58. The molecule has 0 bridgehead atoms. The van der Waals surface area contributed by atoms with E-state index in [-0.39, 0.29) is 40.4 Å². The number of ether oxygens (including phenoxy) is 1. The van der Waals surface area contributed by atoms with Crippen LogP contribution in [-0.4, -0.2) is 35.1 Å². The molecule has 1 atom stereocenters. The van der Waals surface area contributed by atoms with Gasteiger partial charge >= 0.3 is 0 Å². The van der Waals surface area contributed by atoms with Crippen molar-refractivity contribution in [3.63, 3.8) is 0 Å². The van der Waals surface area contributed by atoms with Gasteiger partial charge in [-0.1, -0.05) is 192 Å². The third-order valence-corrected chi connectivity index (χ3v) is 19.2. The topological polar surface area (TPSA) is 84.0 Å². The largest absolute Gasteiger partial charge is 0.454 e. The van der Waals surface area contributed by atoms with E-state index in [1.54, 1.807) is 0 Å². The summed E-state index contributed by atoms with van der Waals surface area (Å²) in [6.07, 6.45) is 4.03. The van der Waals surface area contributed by atoms with Gasteiger partial charge in [-0.15, -0.1) is 0 Å². The number of amides is 4. The molecule has 7 heteroatoms. The Hall–Kier alpha value is -8.68. The normalized spacial score (nSPS) is 15.6. The Morgan fingerprint density at radius 2 is 0.890 bits per heavy atom. The van der Waals surface area contributed by atoms with Crippen molar-refractivity contribution in [1.29, 1.82) is 0 Å². The predicted molar refractivity (Wildman–Crippen MR) is 337 cm³/mol. The van der Waals surface area contributed by atoms with Crippen molar-refractivity contribution in [3.8, 4) is 22.6 Å². The standard InChI is InChI=1S/C75H64N2O5/c1-11-13-17-39(12-2)38-76-69(78)53-30-26-51-47-23-16-22-44-43(24-25-48(62(44)47)52-27-31-54(70(76)79)65(53)64(51)52)57-34-41(73(3,4)5)35-58-67(57)82-68-59(75(58,9)10)36-42(74(6,7)8)37-60(68)77-71(80)55-32-28-49-45-20-14-18-40-19-15-21-46(61(40)45)50-29-33-56(72(77)81)66(55)63(49)50/h14-16,18-37,39H,11-13,17,38H2,1-10H3. The monoisotopic (exact) mass is 1070 g/mol. The number of hydrogen-bond donors (Lipinski definition) is 0. The lowest BCUT2D eigenvalue weighted by Gasteiger charge is -2.40. The minimum absolute atomic E-state index is 0.217. The minimum atomic E-state index is -0.678. The number of nitrogens with zero attached hydrogens (tertiary/aromatic N) is 2. The molecule has 82 heavy (non-hydrogen) atoms. The van der Waals surface area contributed by atoms with Gasteiger partial charge in [-0.3, -0.25) is 24.1 Å². The van der Waals surface area contributed by atoms with Crippen molar-refractivity contribution in [1.82, 2.24) is 4.90 Å². The lowest BCUT2D eigenvalue weighted by atomic mass is 9.70. The fraction of sp³-hybridized carbons (Fsp3) is 0.253. The fourth-order valence-corrected chi connectivity index (χ4v) is 14.6. The number of imide groups is 2. The Labute approximate surface area is 477 Å². The number of unbranched alkanes of at least 4 members (excludes halogenated alkanes) is 1. The number of hydrogen-bond acceptors (Lipinski definition) is 5. The van der Waals surface area contributed by atoms with Crippen LogP contribution in [0.4, 0.5) is 5.69 Å². The van der Waals surface area contributed by atoms with Gasteiger partial charge in [0, 0.05) is 61.7 Å². The molecule has 0 aromatic heterocycles. The smallest absolute Gasteiger partial charge is 0.266 e. The molecule has 0 saturated carbocycles. The van der Waals surface area contributed by atoms with E-state index in [9.17, 15) is 9.59 Å². The van der Waals surface area contributed by atoms with Crippen LogP contribution < -0.4 is 9.64 Å². The zero-order chi connectivity index (χ0) is 56.8. The second-order valence-electron chi connectivity index (χ2n) is 26.3. The van der Waals surface area contributed by atoms with E-state index in [0.29, 0.717) is 51.4 Å². The molecular weight excluding hydrogens is 1010 g/mol. The highest BCUT2D eigenvalue weighted by atomic mass is 16.5. The molecule has 404 valence electrons. The molecular formula is C75H64N2O5. The van der Waals surface area contributed by atoms with Crippen molar-refractivity contribution in [2.75, 3.05) is 11.4 Å². The summed E-state index contributed by atoms with van der Waals surface area (Å²) in [5.74, 6) is 0.206. The van der Waals surface area contributed by atoms with Gasteiger partial charge in [-0.05, 0) is 152 Å². The molecule has 0 N–H and O–H groups in total. The number of carbonyl (C=O) groups is 4. The summed E-state index contributed by atoms with van der Waals surface area (Å²) in [6.45, 7) is 22.5. The molecule has 0 spiro atoms. The molecule has 7 nitrogen and oxygen atoms in total. The van der Waals surface area contributed by atoms with Gasteiger partial charge in [0.1, 0.15) is 5.75 Å². The van der Waals surface area contributed by atoms with E-state index in [1.165, 1.54) is 15.2 Å². The summed E-state index contributed by atoms with van der Waals surface area (Å²) in [5.41, 5.74) is 7.18. The van der Waals surface area contributed by atoms with Crippen LogP contribution in [0, 0.1) is 5.92 Å². The molecule has 4 amide bonds. The number of carbonyl (C=O) groups excluding carboxylic acids is 4. The van der Waals surface area contributed by atoms with E-state index in [0.717, 1.165) is 134 Å². The first-order chi connectivity index (χ1) is 39.3.